The molecule has 0 fully saturated rings. The molecule has 0 bridgehead atoms. The highest BCUT2D eigenvalue weighted by Gasteiger charge is 2.34. The molecule has 1 aliphatic rings. The summed E-state index contributed by atoms with van der Waals surface area (Å²) >= 11 is 5.69. The van der Waals surface area contributed by atoms with Crippen LogP contribution in [0.1, 0.15) is 50.3 Å². The number of allylic oxidation sites excluding steroid dienone is 1. The Kier molecular flexibility index (Phi) is 7.38. The Morgan fingerprint density at radius 2 is 1.97 bits per heavy atom. The Bertz CT molecular complexity index is 1210. The molecule has 0 saturated carbocycles. The smallest absolute Gasteiger partial charge is 0.258 e. The fourth-order valence-corrected chi connectivity index (χ4v) is 4.39. The Hall–Kier alpha value is -3.10. The van der Waals surface area contributed by atoms with E-state index < -0.39 is 6.04 Å². The minimum Gasteiger partial charge on any atom is -0.379 e. The largest absolute Gasteiger partial charge is 0.379 e. The lowest BCUT2D eigenvalue weighted by Crippen LogP contribution is -2.46. The molecule has 1 aliphatic heterocycles. The molecule has 2 heterocycles. The van der Waals surface area contributed by atoms with E-state index in [0.717, 1.165) is 34.4 Å². The van der Waals surface area contributed by atoms with E-state index in [1.54, 1.807) is 6.07 Å². The summed E-state index contributed by atoms with van der Waals surface area (Å²) in [7, 11) is 0. The number of ether oxygens (including phenoxy) is 1. The van der Waals surface area contributed by atoms with Crippen molar-refractivity contribution in [3.8, 4) is 11.4 Å². The van der Waals surface area contributed by atoms with E-state index in [1.165, 1.54) is 12.1 Å². The molecule has 6 nitrogen and oxygen atoms in total. The van der Waals surface area contributed by atoms with Gasteiger partial charge in [0, 0.05) is 24.4 Å². The molecule has 8 heteroatoms. The van der Waals surface area contributed by atoms with Crippen LogP contribution in [0.3, 0.4) is 0 Å². The molecule has 1 unspecified atom stereocenters. The van der Waals surface area contributed by atoms with Crippen LogP contribution < -0.4 is 5.32 Å². The van der Waals surface area contributed by atoms with E-state index in [1.807, 2.05) is 62.9 Å². The van der Waals surface area contributed by atoms with E-state index >= 15 is 0 Å². The monoisotopic (exact) mass is 480 g/mol. The third kappa shape index (κ3) is 5.34. The van der Waals surface area contributed by atoms with Crippen LogP contribution in [-0.4, -0.2) is 39.4 Å². The van der Waals surface area contributed by atoms with Gasteiger partial charge in [-0.15, -0.1) is 0 Å². The first kappa shape index (κ1) is 24.0. The van der Waals surface area contributed by atoms with E-state index in [0.29, 0.717) is 30.0 Å². The zero-order chi connectivity index (χ0) is 24.2. The van der Waals surface area contributed by atoms with Crippen molar-refractivity contribution < 1.29 is 13.7 Å². The zero-order valence-electron chi connectivity index (χ0n) is 19.8. The van der Waals surface area contributed by atoms with Gasteiger partial charge in [0.25, 0.3) is 5.89 Å². The van der Waals surface area contributed by atoms with Gasteiger partial charge in [-0.3, -0.25) is 0 Å². The van der Waals surface area contributed by atoms with Gasteiger partial charge < -0.3 is 19.5 Å². The van der Waals surface area contributed by atoms with Crippen LogP contribution in [-0.2, 0) is 4.74 Å². The number of halogens is 1. The molecule has 0 saturated heterocycles. The van der Waals surface area contributed by atoms with Crippen LogP contribution >= 0.6 is 12.2 Å². The van der Waals surface area contributed by atoms with E-state index in [9.17, 15) is 4.39 Å². The molecule has 178 valence electrons. The molecule has 0 amide bonds. The average molecular weight is 481 g/mol. The lowest BCUT2D eigenvalue weighted by Gasteiger charge is -2.37. The highest BCUT2D eigenvalue weighted by molar-refractivity contribution is 7.80. The molecule has 0 spiro atoms. The van der Waals surface area contributed by atoms with Crippen molar-refractivity contribution in [3.05, 3.63) is 77.1 Å². The van der Waals surface area contributed by atoms with Crippen molar-refractivity contribution in [3.63, 3.8) is 0 Å². The molecule has 3 aromatic rings. The number of hydrogen-bond donors (Lipinski definition) is 1. The van der Waals surface area contributed by atoms with Gasteiger partial charge in [-0.25, -0.2) is 4.39 Å². The van der Waals surface area contributed by atoms with Crippen molar-refractivity contribution in [2.45, 2.75) is 46.3 Å². The number of benzene rings is 2. The summed E-state index contributed by atoms with van der Waals surface area (Å²) in [6.07, 6.45) is 0.975. The van der Waals surface area contributed by atoms with Crippen LogP contribution in [0.5, 0.6) is 0 Å². The summed E-state index contributed by atoms with van der Waals surface area (Å²) in [4.78, 5) is 6.72. The van der Waals surface area contributed by atoms with E-state index in [4.69, 9.17) is 26.5 Å². The lowest BCUT2D eigenvalue weighted by molar-refractivity contribution is 0.0749. The molecule has 34 heavy (non-hydrogen) atoms. The Labute approximate surface area is 204 Å². The third-order valence-corrected chi connectivity index (χ3v) is 6.03. The van der Waals surface area contributed by atoms with Gasteiger partial charge in [0.2, 0.25) is 5.82 Å². The average Bonchev–Trinajstić information content (AvgIpc) is 3.27. The molecule has 0 radical (unpaired) electrons. The summed E-state index contributed by atoms with van der Waals surface area (Å²) < 4.78 is 25.5. The number of nitrogens with zero attached hydrogens (tertiary/aromatic N) is 3. The van der Waals surface area contributed by atoms with Crippen molar-refractivity contribution in [2.75, 3.05) is 13.2 Å². The second-order valence-electron chi connectivity index (χ2n) is 8.65. The maximum atomic E-state index is 14.1. The third-order valence-electron chi connectivity index (χ3n) is 5.69. The van der Waals surface area contributed by atoms with Gasteiger partial charge in [0.1, 0.15) is 5.82 Å². The highest BCUT2D eigenvalue weighted by Crippen LogP contribution is 2.37. The number of aryl methyl sites for hydroxylation is 1. The van der Waals surface area contributed by atoms with Gasteiger partial charge in [0.05, 0.1) is 17.7 Å². The molecule has 1 aromatic heterocycles. The minimum absolute atomic E-state index is 0.175. The van der Waals surface area contributed by atoms with Crippen molar-refractivity contribution in [1.29, 1.82) is 0 Å². The molecular weight excluding hydrogens is 451 g/mol. The van der Waals surface area contributed by atoms with Gasteiger partial charge in [0.15, 0.2) is 5.11 Å². The predicted molar refractivity (Wildman–Crippen MR) is 134 cm³/mol. The van der Waals surface area contributed by atoms with Crippen LogP contribution in [0.25, 0.3) is 17.0 Å². The van der Waals surface area contributed by atoms with Crippen LogP contribution in [0.4, 0.5) is 4.39 Å². The summed E-state index contributed by atoms with van der Waals surface area (Å²) in [5.41, 5.74) is 4.38. The number of thiocarbonyl (C=S) groups is 1. The van der Waals surface area contributed by atoms with Crippen LogP contribution in [0.2, 0.25) is 0 Å². The molecule has 0 aliphatic carbocycles. The first-order valence-electron chi connectivity index (χ1n) is 11.4. The molecule has 1 atom stereocenters. The second kappa shape index (κ2) is 10.4. The number of rotatable bonds is 8. The Morgan fingerprint density at radius 1 is 1.18 bits per heavy atom. The summed E-state index contributed by atoms with van der Waals surface area (Å²) in [6.45, 7) is 9.33. The van der Waals surface area contributed by atoms with Gasteiger partial charge in [-0.1, -0.05) is 41.1 Å². The van der Waals surface area contributed by atoms with Crippen LogP contribution in [0.15, 0.2) is 58.8 Å². The molecular formula is C26H29FN4O2S. The van der Waals surface area contributed by atoms with E-state index in [-0.39, 0.29) is 11.9 Å². The van der Waals surface area contributed by atoms with Gasteiger partial charge in [-0.2, -0.15) is 4.98 Å². The maximum Gasteiger partial charge on any atom is 0.258 e. The second-order valence-corrected chi connectivity index (χ2v) is 9.04. The fourth-order valence-electron chi connectivity index (χ4n) is 4.04. The van der Waals surface area contributed by atoms with Crippen molar-refractivity contribution >= 4 is 22.9 Å². The lowest BCUT2D eigenvalue weighted by atomic mass is 9.94. The first-order valence-corrected chi connectivity index (χ1v) is 11.8. The van der Waals surface area contributed by atoms with Crippen molar-refractivity contribution in [2.24, 2.45) is 0 Å². The topological polar surface area (TPSA) is 63.4 Å². The van der Waals surface area contributed by atoms with E-state index in [2.05, 4.69) is 10.5 Å². The SMILES string of the molecule is CC1=C(c2nc(-c3cccc(C)c3)no2)C(c2cccc(F)c2)NC(=S)N1CCCOC(C)C. The minimum atomic E-state index is -0.419. The standard InChI is InChI=1S/C26H29FN4O2S/c1-16(2)32-13-7-12-31-18(4)22(23(28-26(31)34)19-9-6-11-21(27)15-19)25-29-24(30-33-25)20-10-5-8-17(3)14-20/h5-6,8-11,14-16,23H,7,12-13H2,1-4H3,(H,28,34). The molecule has 2 aromatic carbocycles. The quantitative estimate of drug-likeness (QED) is 0.330. The maximum absolute atomic E-state index is 14.1. The van der Waals surface area contributed by atoms with Gasteiger partial charge >= 0.3 is 0 Å². The van der Waals surface area contributed by atoms with Gasteiger partial charge in [-0.05, 0) is 70.1 Å². The molecule has 4 rings (SSSR count). The Balaban J connectivity index is 1.72. The highest BCUT2D eigenvalue weighted by atomic mass is 32.1. The summed E-state index contributed by atoms with van der Waals surface area (Å²) in [5.74, 6) is 0.560. The summed E-state index contributed by atoms with van der Waals surface area (Å²) in [6, 6.07) is 14.0. The number of aromatic nitrogens is 2. The zero-order valence-corrected chi connectivity index (χ0v) is 20.7. The summed E-state index contributed by atoms with van der Waals surface area (Å²) in [5, 5.41) is 8.16. The predicted octanol–water partition coefficient (Wildman–Crippen LogP) is 5.66. The Morgan fingerprint density at radius 3 is 2.71 bits per heavy atom. The normalized spacial score (nSPS) is 16.4. The fraction of sp³-hybridized carbons (Fsp3) is 0.346. The first-order chi connectivity index (χ1) is 16.3. The van der Waals surface area contributed by atoms with Crippen LogP contribution in [0, 0.1) is 12.7 Å². The molecule has 1 N–H and O–H groups in total. The van der Waals surface area contributed by atoms with Crippen molar-refractivity contribution in [1.82, 2.24) is 20.4 Å². The number of hydrogen-bond acceptors (Lipinski definition) is 5. The number of nitrogens with one attached hydrogen (secondary N) is 1.